The SMILES string of the molecule is O=C(O)C1c2ccccc2C(c2cc#ccc2)C1C(=O)O. The lowest BCUT2D eigenvalue weighted by atomic mass is 9.83. The fraction of sp³-hybridized carbons (Fsp3) is 0.176. The van der Waals surface area contributed by atoms with Crippen LogP contribution in [0.5, 0.6) is 0 Å². The van der Waals surface area contributed by atoms with Gasteiger partial charge in [-0.1, -0.05) is 36.4 Å². The minimum Gasteiger partial charge on any atom is -0.481 e. The van der Waals surface area contributed by atoms with Crippen LogP contribution in [0.3, 0.4) is 0 Å². The van der Waals surface area contributed by atoms with Crippen molar-refractivity contribution in [2.45, 2.75) is 11.8 Å². The molecule has 0 saturated carbocycles. The molecule has 0 aliphatic heterocycles. The molecule has 2 aromatic rings. The van der Waals surface area contributed by atoms with E-state index in [1.54, 1.807) is 42.5 Å². The summed E-state index contributed by atoms with van der Waals surface area (Å²) in [6.45, 7) is 0. The highest BCUT2D eigenvalue weighted by molar-refractivity contribution is 5.88. The van der Waals surface area contributed by atoms with Crippen LogP contribution in [0.1, 0.15) is 28.5 Å². The molecular weight excluding hydrogens is 268 g/mol. The third-order valence-electron chi connectivity index (χ3n) is 3.98. The molecule has 3 rings (SSSR count). The maximum absolute atomic E-state index is 11.7. The Kier molecular flexibility index (Phi) is 3.11. The van der Waals surface area contributed by atoms with Crippen LogP contribution in [-0.2, 0) is 9.59 Å². The van der Waals surface area contributed by atoms with Crippen LogP contribution in [0, 0.1) is 18.1 Å². The topological polar surface area (TPSA) is 74.6 Å². The molecule has 1 aliphatic carbocycles. The molecule has 0 aromatic heterocycles. The van der Waals surface area contributed by atoms with Crippen LogP contribution in [-0.4, -0.2) is 22.2 Å². The molecule has 3 atom stereocenters. The van der Waals surface area contributed by atoms with E-state index in [9.17, 15) is 19.8 Å². The molecule has 0 amide bonds. The van der Waals surface area contributed by atoms with E-state index >= 15 is 0 Å². The molecule has 1 aliphatic rings. The van der Waals surface area contributed by atoms with E-state index in [1.807, 2.05) is 0 Å². The van der Waals surface area contributed by atoms with Gasteiger partial charge in [0.2, 0.25) is 0 Å². The summed E-state index contributed by atoms with van der Waals surface area (Å²) in [5.41, 5.74) is 2.09. The lowest BCUT2D eigenvalue weighted by Gasteiger charge is -2.19. The van der Waals surface area contributed by atoms with Crippen molar-refractivity contribution in [2.24, 2.45) is 5.92 Å². The van der Waals surface area contributed by atoms with Gasteiger partial charge in [0.15, 0.2) is 0 Å². The molecule has 2 N–H and O–H groups in total. The first-order valence-electron chi connectivity index (χ1n) is 6.53. The number of aliphatic carboxylic acids is 2. The highest BCUT2D eigenvalue weighted by Crippen LogP contribution is 2.49. The van der Waals surface area contributed by atoms with Gasteiger partial charge in [-0.2, -0.15) is 0 Å². The third kappa shape index (κ3) is 2.03. The summed E-state index contributed by atoms with van der Waals surface area (Å²) >= 11 is 0. The average Bonchev–Trinajstić information content (AvgIpc) is 2.83. The van der Waals surface area contributed by atoms with E-state index in [0.717, 1.165) is 11.1 Å². The zero-order chi connectivity index (χ0) is 15.0. The first-order valence-corrected chi connectivity index (χ1v) is 6.53. The van der Waals surface area contributed by atoms with Gasteiger partial charge in [0.05, 0.1) is 11.8 Å². The van der Waals surface area contributed by atoms with Crippen molar-refractivity contribution in [1.29, 1.82) is 0 Å². The predicted molar refractivity (Wildman–Crippen MR) is 73.9 cm³/mol. The number of carboxylic acid groups (broad SMARTS) is 2. The Bertz CT molecular complexity index is 693. The van der Waals surface area contributed by atoms with E-state index in [0.29, 0.717) is 5.56 Å². The lowest BCUT2D eigenvalue weighted by molar-refractivity contribution is -0.150. The molecule has 0 spiro atoms. The smallest absolute Gasteiger partial charge is 0.311 e. The number of carbonyl (C=O) groups is 2. The molecule has 0 saturated heterocycles. The number of carboxylic acids is 2. The van der Waals surface area contributed by atoms with Crippen LogP contribution in [0.25, 0.3) is 0 Å². The van der Waals surface area contributed by atoms with Crippen molar-refractivity contribution < 1.29 is 19.8 Å². The maximum atomic E-state index is 11.7. The number of hydrogen-bond acceptors (Lipinski definition) is 2. The largest absolute Gasteiger partial charge is 0.481 e. The average molecular weight is 280 g/mol. The summed E-state index contributed by atoms with van der Waals surface area (Å²) < 4.78 is 0. The van der Waals surface area contributed by atoms with Crippen LogP contribution < -0.4 is 0 Å². The van der Waals surface area contributed by atoms with Crippen molar-refractivity contribution >= 4 is 11.9 Å². The Morgan fingerprint density at radius 1 is 0.952 bits per heavy atom. The van der Waals surface area contributed by atoms with Crippen LogP contribution in [0.15, 0.2) is 42.5 Å². The van der Waals surface area contributed by atoms with Crippen LogP contribution in [0.4, 0.5) is 0 Å². The number of fused-ring (bicyclic) bond motifs is 1. The highest BCUT2D eigenvalue weighted by Gasteiger charge is 2.49. The Morgan fingerprint density at radius 3 is 2.24 bits per heavy atom. The Balaban J connectivity index is 2.22. The lowest BCUT2D eigenvalue weighted by Crippen LogP contribution is -2.27. The third-order valence-corrected chi connectivity index (χ3v) is 3.98. The molecule has 0 heterocycles. The van der Waals surface area contributed by atoms with Gasteiger partial charge >= 0.3 is 11.9 Å². The molecule has 104 valence electrons. The monoisotopic (exact) mass is 280 g/mol. The maximum Gasteiger partial charge on any atom is 0.311 e. The summed E-state index contributed by atoms with van der Waals surface area (Å²) in [5.74, 6) is -4.74. The molecular formula is C17H12O4. The number of rotatable bonds is 3. The minimum absolute atomic E-state index is 0.481. The summed E-state index contributed by atoms with van der Waals surface area (Å²) in [6, 6.07) is 17.7. The minimum atomic E-state index is -1.11. The van der Waals surface area contributed by atoms with Gasteiger partial charge in [0.25, 0.3) is 0 Å². The van der Waals surface area contributed by atoms with Crippen molar-refractivity contribution in [2.75, 3.05) is 0 Å². The Labute approximate surface area is 121 Å². The van der Waals surface area contributed by atoms with E-state index in [-0.39, 0.29) is 0 Å². The zero-order valence-electron chi connectivity index (χ0n) is 11.0. The fourth-order valence-corrected chi connectivity index (χ4v) is 3.17. The van der Waals surface area contributed by atoms with E-state index < -0.39 is 29.7 Å². The summed E-state index contributed by atoms with van der Waals surface area (Å²) in [7, 11) is 0. The van der Waals surface area contributed by atoms with Gasteiger partial charge in [-0.05, 0) is 34.9 Å². The summed E-state index contributed by atoms with van der Waals surface area (Å²) in [6.07, 6.45) is 0. The van der Waals surface area contributed by atoms with Crippen LogP contribution in [0.2, 0.25) is 0 Å². The molecule has 3 unspecified atom stereocenters. The van der Waals surface area contributed by atoms with Crippen molar-refractivity contribution in [3.05, 3.63) is 71.3 Å². The second-order valence-electron chi connectivity index (χ2n) is 5.05. The molecule has 21 heavy (non-hydrogen) atoms. The Morgan fingerprint density at radius 2 is 1.67 bits per heavy atom. The van der Waals surface area contributed by atoms with E-state index in [4.69, 9.17) is 0 Å². The van der Waals surface area contributed by atoms with Gasteiger partial charge in [0.1, 0.15) is 0 Å². The molecule has 2 aromatic carbocycles. The zero-order valence-corrected chi connectivity index (χ0v) is 11.0. The van der Waals surface area contributed by atoms with Crippen molar-refractivity contribution in [3.63, 3.8) is 0 Å². The number of hydrogen-bond donors (Lipinski definition) is 2. The molecule has 0 radical (unpaired) electrons. The highest BCUT2D eigenvalue weighted by atomic mass is 16.4. The first-order chi connectivity index (χ1) is 10.1. The van der Waals surface area contributed by atoms with Gasteiger partial charge in [-0.15, -0.1) is 0 Å². The standard InChI is InChI=1S/C17H12O4/c18-16(19)14-12-9-5-4-8-11(12)13(15(14)17(20)21)10-6-2-1-3-7-10/h2,4-9,13-15H,(H,18,19)(H,20,21). The second-order valence-corrected chi connectivity index (χ2v) is 5.05. The summed E-state index contributed by atoms with van der Waals surface area (Å²) in [5, 5.41) is 19.0. The molecule has 4 heteroatoms. The second kappa shape index (κ2) is 4.95. The van der Waals surface area contributed by atoms with Crippen molar-refractivity contribution in [1.82, 2.24) is 0 Å². The first kappa shape index (κ1) is 13.2. The van der Waals surface area contributed by atoms with Crippen LogP contribution >= 0.6 is 0 Å². The van der Waals surface area contributed by atoms with Gasteiger partial charge in [0, 0.05) is 5.92 Å². The van der Waals surface area contributed by atoms with Gasteiger partial charge in [-0.3, -0.25) is 9.59 Å². The molecule has 4 nitrogen and oxygen atoms in total. The van der Waals surface area contributed by atoms with Gasteiger partial charge < -0.3 is 10.2 Å². The van der Waals surface area contributed by atoms with E-state index in [1.165, 1.54) is 0 Å². The van der Waals surface area contributed by atoms with E-state index in [2.05, 4.69) is 12.1 Å². The number of benzene rings is 1. The normalized spacial score (nSPS) is 23.1. The quantitative estimate of drug-likeness (QED) is 0.904. The molecule has 0 fully saturated rings. The van der Waals surface area contributed by atoms with Crippen molar-refractivity contribution in [3.8, 4) is 0 Å². The predicted octanol–water partition coefficient (Wildman–Crippen LogP) is 2.30. The van der Waals surface area contributed by atoms with Gasteiger partial charge in [-0.25, -0.2) is 0 Å². The molecule has 0 bridgehead atoms. The Hall–Kier alpha value is -2.80. The summed E-state index contributed by atoms with van der Waals surface area (Å²) in [4.78, 5) is 23.3. The fourth-order valence-electron chi connectivity index (χ4n) is 3.17.